The minimum absolute atomic E-state index is 0.0180. The predicted octanol–water partition coefficient (Wildman–Crippen LogP) is 3.99. The Balaban J connectivity index is 2.05. The lowest BCUT2D eigenvalue weighted by Crippen LogP contribution is -2.32. The topological polar surface area (TPSA) is 42.4 Å². The Bertz CT molecular complexity index is 712. The molecule has 25 heavy (non-hydrogen) atoms. The van der Waals surface area contributed by atoms with Crippen molar-refractivity contribution in [1.82, 2.24) is 4.98 Å². The molecule has 0 N–H and O–H groups in total. The Kier molecular flexibility index (Phi) is 6.07. The van der Waals surface area contributed by atoms with Crippen LogP contribution in [0.25, 0.3) is 0 Å². The summed E-state index contributed by atoms with van der Waals surface area (Å²) in [5.41, 5.74) is 1.07. The van der Waals surface area contributed by atoms with Crippen LogP contribution in [0.3, 0.4) is 0 Å². The average molecular weight is 348 g/mol. The van der Waals surface area contributed by atoms with Crippen LogP contribution in [0.2, 0.25) is 0 Å². The normalized spacial score (nSPS) is 12.1. The van der Waals surface area contributed by atoms with Gasteiger partial charge < -0.3 is 9.64 Å². The van der Waals surface area contributed by atoms with Gasteiger partial charge in [-0.1, -0.05) is 6.92 Å². The minimum Gasteiger partial charge on any atom is -0.475 e. The second kappa shape index (κ2) is 8.05. The predicted molar refractivity (Wildman–Crippen MR) is 92.6 cm³/mol. The van der Waals surface area contributed by atoms with Crippen molar-refractivity contribution in [2.24, 2.45) is 5.92 Å². The summed E-state index contributed by atoms with van der Waals surface area (Å²) in [6, 6.07) is 6.75. The first-order valence-electron chi connectivity index (χ1n) is 8.11. The Morgan fingerprint density at radius 1 is 1.16 bits per heavy atom. The van der Waals surface area contributed by atoms with E-state index in [2.05, 4.69) is 4.98 Å². The van der Waals surface area contributed by atoms with Crippen LogP contribution in [0.4, 0.5) is 14.5 Å². The van der Waals surface area contributed by atoms with Crippen molar-refractivity contribution in [1.29, 1.82) is 0 Å². The first-order valence-corrected chi connectivity index (χ1v) is 8.11. The van der Waals surface area contributed by atoms with Crippen molar-refractivity contribution in [2.45, 2.75) is 33.3 Å². The summed E-state index contributed by atoms with van der Waals surface area (Å²) in [5, 5.41) is 0. The van der Waals surface area contributed by atoms with Crippen molar-refractivity contribution < 1.29 is 18.3 Å². The number of hydrogen-bond acceptors (Lipinski definition) is 3. The van der Waals surface area contributed by atoms with Gasteiger partial charge in [-0.15, -0.1) is 0 Å². The molecule has 0 saturated carbocycles. The lowest BCUT2D eigenvalue weighted by molar-refractivity contribution is -0.121. The number of halogens is 2. The molecule has 1 atom stereocenters. The molecule has 1 heterocycles. The highest BCUT2D eigenvalue weighted by molar-refractivity contribution is 5.94. The third-order valence-corrected chi connectivity index (χ3v) is 3.68. The van der Waals surface area contributed by atoms with Gasteiger partial charge in [0.15, 0.2) is 0 Å². The van der Waals surface area contributed by atoms with Crippen molar-refractivity contribution in [3.05, 3.63) is 53.7 Å². The highest BCUT2D eigenvalue weighted by Gasteiger charge is 2.20. The molecule has 0 saturated heterocycles. The number of aromatic nitrogens is 1. The fourth-order valence-corrected chi connectivity index (χ4v) is 2.51. The van der Waals surface area contributed by atoms with Crippen molar-refractivity contribution >= 4 is 11.6 Å². The lowest BCUT2D eigenvalue weighted by atomic mass is 9.99. The number of ether oxygens (including phenoxy) is 1. The summed E-state index contributed by atoms with van der Waals surface area (Å²) in [7, 11) is 1.64. The monoisotopic (exact) mass is 348 g/mol. The Morgan fingerprint density at radius 2 is 1.80 bits per heavy atom. The maximum atomic E-state index is 13.3. The van der Waals surface area contributed by atoms with Crippen molar-refractivity contribution in [3.63, 3.8) is 0 Å². The summed E-state index contributed by atoms with van der Waals surface area (Å²) < 4.78 is 32.0. The largest absolute Gasteiger partial charge is 0.475 e. The molecule has 1 aromatic carbocycles. The molecule has 0 spiro atoms. The summed E-state index contributed by atoms with van der Waals surface area (Å²) in [5.74, 6) is -1.40. The van der Waals surface area contributed by atoms with E-state index >= 15 is 0 Å². The molecule has 0 bridgehead atoms. The van der Waals surface area contributed by atoms with Gasteiger partial charge >= 0.3 is 0 Å². The van der Waals surface area contributed by atoms with Crippen LogP contribution < -0.4 is 9.64 Å². The molecule has 0 radical (unpaired) electrons. The van der Waals surface area contributed by atoms with Crippen LogP contribution in [0, 0.1) is 17.6 Å². The van der Waals surface area contributed by atoms with Crippen LogP contribution in [0.15, 0.2) is 36.5 Å². The van der Waals surface area contributed by atoms with E-state index in [1.165, 1.54) is 17.0 Å². The third kappa shape index (κ3) is 5.24. The van der Waals surface area contributed by atoms with Gasteiger partial charge in [-0.25, -0.2) is 13.8 Å². The molecule has 1 amide bonds. The number of anilines is 1. The highest BCUT2D eigenvalue weighted by atomic mass is 19.1. The van der Waals surface area contributed by atoms with Gasteiger partial charge in [0, 0.05) is 25.1 Å². The maximum absolute atomic E-state index is 13.3. The Labute approximate surface area is 146 Å². The van der Waals surface area contributed by atoms with Gasteiger partial charge in [0.25, 0.3) is 0 Å². The van der Waals surface area contributed by atoms with Crippen LogP contribution >= 0.6 is 0 Å². The van der Waals surface area contributed by atoms with Gasteiger partial charge in [0.1, 0.15) is 11.6 Å². The molecule has 2 aromatic rings. The smallest absolute Gasteiger partial charge is 0.229 e. The molecule has 6 heteroatoms. The molecular formula is C19H22F2N2O2. The molecule has 0 aliphatic carbocycles. The molecule has 0 fully saturated rings. The second-order valence-electron chi connectivity index (χ2n) is 6.30. The van der Waals surface area contributed by atoms with Crippen LogP contribution in [0.1, 0.15) is 26.3 Å². The number of amides is 1. The van der Waals surface area contributed by atoms with Crippen LogP contribution in [-0.4, -0.2) is 24.0 Å². The summed E-state index contributed by atoms with van der Waals surface area (Å²) in [6.45, 7) is 5.54. The quantitative estimate of drug-likeness (QED) is 0.793. The van der Waals surface area contributed by atoms with Gasteiger partial charge in [0.05, 0.1) is 18.0 Å². The van der Waals surface area contributed by atoms with Gasteiger partial charge in [0.2, 0.25) is 11.8 Å². The number of hydrogen-bond donors (Lipinski definition) is 0. The summed E-state index contributed by atoms with van der Waals surface area (Å²) in [6.07, 6.45) is 1.83. The molecule has 4 nitrogen and oxygen atoms in total. The molecule has 134 valence electrons. The zero-order valence-corrected chi connectivity index (χ0v) is 14.8. The van der Waals surface area contributed by atoms with E-state index in [9.17, 15) is 13.6 Å². The van der Waals surface area contributed by atoms with Crippen LogP contribution in [0.5, 0.6) is 5.88 Å². The highest BCUT2D eigenvalue weighted by Crippen LogP contribution is 2.20. The third-order valence-electron chi connectivity index (χ3n) is 3.68. The van der Waals surface area contributed by atoms with E-state index in [-0.39, 0.29) is 18.4 Å². The number of nitrogens with zero attached hydrogens (tertiary/aromatic N) is 2. The maximum Gasteiger partial charge on any atom is 0.229 e. The first-order chi connectivity index (χ1) is 11.8. The Morgan fingerprint density at radius 3 is 2.32 bits per heavy atom. The number of carbonyl (C=O) groups excluding carboxylic acids is 1. The second-order valence-corrected chi connectivity index (χ2v) is 6.30. The zero-order chi connectivity index (χ0) is 18.6. The van der Waals surface area contributed by atoms with E-state index in [0.29, 0.717) is 17.1 Å². The molecule has 0 unspecified atom stereocenters. The molecule has 2 rings (SSSR count). The van der Waals surface area contributed by atoms with E-state index in [4.69, 9.17) is 4.74 Å². The van der Waals surface area contributed by atoms with Gasteiger partial charge in [-0.05, 0) is 44.0 Å². The Hall–Kier alpha value is -2.50. The minimum atomic E-state index is -0.645. The number of pyridine rings is 1. The van der Waals surface area contributed by atoms with E-state index < -0.39 is 17.6 Å². The van der Waals surface area contributed by atoms with Crippen LogP contribution in [-0.2, 0) is 11.2 Å². The van der Waals surface area contributed by atoms with Crippen molar-refractivity contribution in [3.8, 4) is 5.88 Å². The summed E-state index contributed by atoms with van der Waals surface area (Å²) in [4.78, 5) is 18.2. The molecular weight excluding hydrogens is 326 g/mol. The average Bonchev–Trinajstić information content (AvgIpc) is 2.52. The fourth-order valence-electron chi connectivity index (χ4n) is 2.51. The van der Waals surface area contributed by atoms with Gasteiger partial charge in [-0.2, -0.15) is 0 Å². The van der Waals surface area contributed by atoms with E-state index in [0.717, 1.165) is 6.07 Å². The van der Waals surface area contributed by atoms with E-state index in [1.54, 1.807) is 32.3 Å². The fraction of sp³-hybridized carbons (Fsp3) is 0.368. The molecule has 1 aromatic heterocycles. The zero-order valence-electron chi connectivity index (χ0n) is 14.8. The first kappa shape index (κ1) is 18.8. The number of rotatable bonds is 6. The molecule has 0 aliphatic rings. The molecule has 0 aliphatic heterocycles. The number of benzene rings is 1. The number of carbonyl (C=O) groups is 1. The lowest BCUT2D eigenvalue weighted by Gasteiger charge is -2.21. The SMILES string of the molecule is CC(C)Oc1ccc(N(C)C(=O)[C@@H](C)Cc2cc(F)cc(F)c2)cn1. The van der Waals surface area contributed by atoms with E-state index in [1.807, 2.05) is 13.8 Å². The summed E-state index contributed by atoms with van der Waals surface area (Å²) >= 11 is 0. The standard InChI is InChI=1S/C19H22F2N2O2/c1-12(2)25-18-6-5-17(11-22-18)23(4)19(24)13(3)7-14-8-15(20)10-16(21)9-14/h5-6,8-13H,7H2,1-4H3/t13-/m0/s1. The van der Waals surface area contributed by atoms with Crippen molar-refractivity contribution in [2.75, 3.05) is 11.9 Å². The van der Waals surface area contributed by atoms with Gasteiger partial charge in [-0.3, -0.25) is 4.79 Å².